The number of ether oxygens (including phenoxy) is 1. The summed E-state index contributed by atoms with van der Waals surface area (Å²) in [4.78, 5) is 41.4. The first-order chi connectivity index (χ1) is 13.4. The average Bonchev–Trinajstić information content (AvgIpc) is 3.17. The number of hydrogen-bond donors (Lipinski definition) is 1. The second kappa shape index (κ2) is 8.22. The van der Waals surface area contributed by atoms with Crippen LogP contribution in [0.2, 0.25) is 5.02 Å². The number of amides is 2. The highest BCUT2D eigenvalue weighted by molar-refractivity contribution is 6.31. The molecule has 10 heteroatoms. The molecule has 3 rings (SSSR count). The van der Waals surface area contributed by atoms with Crippen molar-refractivity contribution in [2.24, 2.45) is 0 Å². The first kappa shape index (κ1) is 19.6. The Morgan fingerprint density at radius 3 is 2.89 bits per heavy atom. The molecule has 28 heavy (non-hydrogen) atoms. The van der Waals surface area contributed by atoms with Gasteiger partial charge in [-0.2, -0.15) is 0 Å². The SMILES string of the molecule is COc1ccc(Cl)cc1C(=O)N1CCCC1C(=O)Nc1ccncc1[N+](=O)[O-]. The standard InChI is InChI=1S/C18H17ClN4O5/c1-28-16-5-4-11(19)9-12(16)18(25)22-8-2-3-14(22)17(24)21-13-6-7-20-10-15(13)23(26)27/h4-7,9-10,14H,2-3,8H2,1H3,(H,20,21,24). The Bertz CT molecular complexity index is 936. The van der Waals surface area contributed by atoms with Gasteiger partial charge in [-0.15, -0.1) is 0 Å². The van der Waals surface area contributed by atoms with Crippen LogP contribution in [0.5, 0.6) is 5.75 Å². The van der Waals surface area contributed by atoms with Crippen molar-refractivity contribution in [1.29, 1.82) is 0 Å². The fourth-order valence-electron chi connectivity index (χ4n) is 3.14. The Morgan fingerprint density at radius 1 is 1.39 bits per heavy atom. The van der Waals surface area contributed by atoms with Gasteiger partial charge in [0, 0.05) is 17.8 Å². The number of likely N-dealkylation sites (tertiary alicyclic amines) is 1. The van der Waals surface area contributed by atoms with E-state index in [-0.39, 0.29) is 22.8 Å². The lowest BCUT2D eigenvalue weighted by molar-refractivity contribution is -0.384. The van der Waals surface area contributed by atoms with E-state index in [4.69, 9.17) is 16.3 Å². The second-order valence-electron chi connectivity index (χ2n) is 6.14. The van der Waals surface area contributed by atoms with Crippen LogP contribution in [0.3, 0.4) is 0 Å². The van der Waals surface area contributed by atoms with Crippen LogP contribution in [0, 0.1) is 10.1 Å². The molecule has 146 valence electrons. The molecule has 9 nitrogen and oxygen atoms in total. The van der Waals surface area contributed by atoms with Crippen LogP contribution in [0.1, 0.15) is 23.2 Å². The molecule has 2 heterocycles. The fraction of sp³-hybridized carbons (Fsp3) is 0.278. The highest BCUT2D eigenvalue weighted by Gasteiger charge is 2.36. The van der Waals surface area contributed by atoms with E-state index in [0.29, 0.717) is 30.2 Å². The van der Waals surface area contributed by atoms with E-state index in [1.165, 1.54) is 30.3 Å². The number of nitrogens with zero attached hydrogens (tertiary/aromatic N) is 3. The molecule has 2 amide bonds. The quantitative estimate of drug-likeness (QED) is 0.605. The van der Waals surface area contributed by atoms with Crippen LogP contribution in [0.15, 0.2) is 36.7 Å². The topological polar surface area (TPSA) is 115 Å². The number of aromatic nitrogens is 1. The van der Waals surface area contributed by atoms with Gasteiger partial charge < -0.3 is 15.0 Å². The number of carbonyl (C=O) groups excluding carboxylic acids is 2. The smallest absolute Gasteiger partial charge is 0.310 e. The zero-order valence-electron chi connectivity index (χ0n) is 14.9. The van der Waals surface area contributed by atoms with Crippen LogP contribution in [0.25, 0.3) is 0 Å². The lowest BCUT2D eigenvalue weighted by atomic mass is 10.1. The number of pyridine rings is 1. The van der Waals surface area contributed by atoms with Crippen molar-refractivity contribution >= 4 is 34.8 Å². The van der Waals surface area contributed by atoms with Gasteiger partial charge >= 0.3 is 5.69 Å². The van der Waals surface area contributed by atoms with Gasteiger partial charge in [-0.05, 0) is 37.1 Å². The van der Waals surface area contributed by atoms with Crippen molar-refractivity contribution in [1.82, 2.24) is 9.88 Å². The molecule has 1 unspecified atom stereocenters. The van der Waals surface area contributed by atoms with Gasteiger partial charge in [-0.25, -0.2) is 0 Å². The van der Waals surface area contributed by atoms with Crippen molar-refractivity contribution in [3.63, 3.8) is 0 Å². The minimum Gasteiger partial charge on any atom is -0.496 e. The largest absolute Gasteiger partial charge is 0.496 e. The fourth-order valence-corrected chi connectivity index (χ4v) is 3.31. The van der Waals surface area contributed by atoms with Gasteiger partial charge in [0.15, 0.2) is 0 Å². The lowest BCUT2D eigenvalue weighted by Crippen LogP contribution is -2.43. The van der Waals surface area contributed by atoms with Crippen LogP contribution >= 0.6 is 11.6 Å². The number of hydrogen-bond acceptors (Lipinski definition) is 6. The highest BCUT2D eigenvalue weighted by Crippen LogP contribution is 2.29. The minimum atomic E-state index is -0.760. The van der Waals surface area contributed by atoms with Crippen LogP contribution < -0.4 is 10.1 Å². The zero-order valence-corrected chi connectivity index (χ0v) is 15.7. The summed E-state index contributed by atoms with van der Waals surface area (Å²) in [6.07, 6.45) is 3.48. The maximum absolute atomic E-state index is 13.0. The lowest BCUT2D eigenvalue weighted by Gasteiger charge is -2.24. The highest BCUT2D eigenvalue weighted by atomic mass is 35.5. The number of methoxy groups -OCH3 is 1. The van der Waals surface area contributed by atoms with Crippen molar-refractivity contribution in [3.8, 4) is 5.75 Å². The molecule has 1 aromatic carbocycles. The molecule has 1 aromatic heterocycles. The summed E-state index contributed by atoms with van der Waals surface area (Å²) in [5.74, 6) is -0.535. The Balaban J connectivity index is 1.83. The predicted octanol–water partition coefficient (Wildman–Crippen LogP) is 2.90. The van der Waals surface area contributed by atoms with Gasteiger partial charge in [0.05, 0.1) is 17.6 Å². The molecule has 1 N–H and O–H groups in total. The molecular weight excluding hydrogens is 388 g/mol. The number of rotatable bonds is 5. The van der Waals surface area contributed by atoms with Crippen LogP contribution in [0.4, 0.5) is 11.4 Å². The normalized spacial score (nSPS) is 15.9. The van der Waals surface area contributed by atoms with Crippen LogP contribution in [-0.4, -0.2) is 46.3 Å². The van der Waals surface area contributed by atoms with E-state index in [1.807, 2.05) is 0 Å². The molecule has 0 aliphatic carbocycles. The van der Waals surface area contributed by atoms with Gasteiger partial charge in [0.1, 0.15) is 23.7 Å². The molecule has 1 atom stereocenters. The molecule has 0 radical (unpaired) electrons. The maximum Gasteiger partial charge on any atom is 0.310 e. The first-order valence-corrected chi connectivity index (χ1v) is 8.84. The molecule has 0 bridgehead atoms. The van der Waals surface area contributed by atoms with Crippen LogP contribution in [-0.2, 0) is 4.79 Å². The monoisotopic (exact) mass is 404 g/mol. The molecule has 1 saturated heterocycles. The number of anilines is 1. The summed E-state index contributed by atoms with van der Waals surface area (Å²) < 4.78 is 5.23. The van der Waals surface area contributed by atoms with E-state index < -0.39 is 16.9 Å². The van der Waals surface area contributed by atoms with Gasteiger partial charge in [0.25, 0.3) is 5.91 Å². The molecule has 1 aliphatic heterocycles. The Kier molecular flexibility index (Phi) is 5.74. The average molecular weight is 405 g/mol. The van der Waals surface area contributed by atoms with E-state index in [2.05, 4.69) is 10.3 Å². The Labute approximate surface area is 165 Å². The molecule has 1 fully saturated rings. The van der Waals surface area contributed by atoms with E-state index in [1.54, 1.807) is 12.1 Å². The summed E-state index contributed by atoms with van der Waals surface area (Å²) in [6.45, 7) is 0.380. The first-order valence-electron chi connectivity index (χ1n) is 8.46. The number of carbonyl (C=O) groups is 2. The Hall–Kier alpha value is -3.20. The molecule has 1 aliphatic rings. The number of nitrogens with one attached hydrogen (secondary N) is 1. The van der Waals surface area contributed by atoms with Crippen molar-refractivity contribution in [3.05, 3.63) is 57.4 Å². The Morgan fingerprint density at radius 2 is 2.18 bits per heavy atom. The minimum absolute atomic E-state index is 0.0321. The van der Waals surface area contributed by atoms with Crippen molar-refractivity contribution < 1.29 is 19.2 Å². The number of benzene rings is 1. The molecule has 0 spiro atoms. The summed E-state index contributed by atoms with van der Waals surface area (Å²) in [7, 11) is 1.44. The van der Waals surface area contributed by atoms with Gasteiger partial charge in [-0.3, -0.25) is 24.7 Å². The van der Waals surface area contributed by atoms with E-state index in [0.717, 1.165) is 6.20 Å². The number of halogens is 1. The summed E-state index contributed by atoms with van der Waals surface area (Å²) in [6, 6.07) is 5.26. The second-order valence-corrected chi connectivity index (χ2v) is 6.58. The summed E-state index contributed by atoms with van der Waals surface area (Å²) in [5, 5.41) is 14.0. The third-order valence-electron chi connectivity index (χ3n) is 4.46. The maximum atomic E-state index is 13.0. The summed E-state index contributed by atoms with van der Waals surface area (Å²) >= 11 is 6.00. The zero-order chi connectivity index (χ0) is 20.3. The van der Waals surface area contributed by atoms with E-state index in [9.17, 15) is 19.7 Å². The van der Waals surface area contributed by atoms with E-state index >= 15 is 0 Å². The summed E-state index contributed by atoms with van der Waals surface area (Å²) in [5.41, 5.74) is -0.0301. The van der Waals surface area contributed by atoms with Gasteiger partial charge in [0.2, 0.25) is 5.91 Å². The predicted molar refractivity (Wildman–Crippen MR) is 102 cm³/mol. The third kappa shape index (κ3) is 3.89. The molecular formula is C18H17ClN4O5. The van der Waals surface area contributed by atoms with Crippen molar-refractivity contribution in [2.45, 2.75) is 18.9 Å². The number of nitro groups is 1. The third-order valence-corrected chi connectivity index (χ3v) is 4.70. The molecule has 0 saturated carbocycles. The van der Waals surface area contributed by atoms with Crippen molar-refractivity contribution in [2.75, 3.05) is 19.0 Å². The van der Waals surface area contributed by atoms with Gasteiger partial charge in [-0.1, -0.05) is 11.6 Å². The molecule has 2 aromatic rings.